The molecule has 0 atom stereocenters. The lowest BCUT2D eigenvalue weighted by Crippen LogP contribution is -2.22. The normalized spacial score (nSPS) is 8.15. The van der Waals surface area contributed by atoms with Crippen molar-refractivity contribution in [3.8, 4) is 0 Å². The van der Waals surface area contributed by atoms with Gasteiger partial charge in [0.1, 0.15) is 0 Å². The Kier molecular flexibility index (Phi) is 22.6. The number of carbonyl (C=O) groups is 3. The molecule has 0 aliphatic heterocycles. The molecule has 0 spiro atoms. The highest BCUT2D eigenvalue weighted by Crippen LogP contribution is 2.02. The van der Waals surface area contributed by atoms with E-state index in [2.05, 4.69) is 29.8 Å². The van der Waals surface area contributed by atoms with Gasteiger partial charge in [-0.15, -0.1) is 0 Å². The fourth-order valence-corrected chi connectivity index (χ4v) is 1.22. The number of aryl methyl sites for hydroxylation is 1. The van der Waals surface area contributed by atoms with E-state index in [1.807, 2.05) is 45.0 Å². The highest BCUT2D eigenvalue weighted by Gasteiger charge is 2.01. The first kappa shape index (κ1) is 28.4. The van der Waals surface area contributed by atoms with Gasteiger partial charge in [0.2, 0.25) is 11.8 Å². The van der Waals surface area contributed by atoms with Crippen molar-refractivity contribution in [3.05, 3.63) is 35.4 Å². The summed E-state index contributed by atoms with van der Waals surface area (Å²) in [5, 5.41) is 7.70. The van der Waals surface area contributed by atoms with Gasteiger partial charge in [-0.3, -0.25) is 14.4 Å². The molecule has 0 heterocycles. The van der Waals surface area contributed by atoms with E-state index in [9.17, 15) is 14.4 Å². The zero-order chi connectivity index (χ0) is 21.0. The molecule has 0 aromatic heterocycles. The molecule has 0 unspecified atom stereocenters. The maximum atomic E-state index is 11.2. The van der Waals surface area contributed by atoms with Crippen LogP contribution in [0.3, 0.4) is 0 Å². The van der Waals surface area contributed by atoms with Gasteiger partial charge in [-0.1, -0.05) is 38.0 Å². The largest absolute Gasteiger partial charge is 0.359 e. The zero-order valence-electron chi connectivity index (χ0n) is 17.7. The lowest BCUT2D eigenvalue weighted by molar-refractivity contribution is -0.119. The standard InChI is InChI=1S/C10H13NO.C4H9NO.C3H7NO.C3H8/c1-3-11-10(12)9-6-4-8(2)5-7-9;1-3-5-4(2)6;1-3(5)4-2;1-3-2/h4-7H,3H2,1-2H3,(H,11,12);3H2,1-2H3,(H,5,6);1-2H3,(H,4,5);3H2,1-2H3. The number of benzene rings is 1. The first-order chi connectivity index (χ1) is 12.2. The minimum atomic E-state index is -0.00231. The number of nitrogens with one attached hydrogen (secondary N) is 3. The summed E-state index contributed by atoms with van der Waals surface area (Å²) in [6.45, 7) is 14.4. The second-order valence-electron chi connectivity index (χ2n) is 5.33. The molecule has 0 fully saturated rings. The van der Waals surface area contributed by atoms with E-state index in [0.29, 0.717) is 6.54 Å². The van der Waals surface area contributed by atoms with Crippen molar-refractivity contribution >= 4 is 17.7 Å². The molecule has 0 aliphatic carbocycles. The van der Waals surface area contributed by atoms with Crippen LogP contribution in [0.2, 0.25) is 0 Å². The predicted molar refractivity (Wildman–Crippen MR) is 109 cm³/mol. The van der Waals surface area contributed by atoms with Crippen molar-refractivity contribution in [1.29, 1.82) is 0 Å². The van der Waals surface area contributed by atoms with E-state index in [1.165, 1.54) is 25.8 Å². The molecule has 1 rings (SSSR count). The van der Waals surface area contributed by atoms with Gasteiger partial charge in [-0.25, -0.2) is 0 Å². The summed E-state index contributed by atoms with van der Waals surface area (Å²) < 4.78 is 0. The average Bonchev–Trinajstić information content (AvgIpc) is 2.57. The molecule has 1 aromatic carbocycles. The fourth-order valence-electron chi connectivity index (χ4n) is 1.22. The average molecular weight is 368 g/mol. The molecule has 0 saturated carbocycles. The molecule has 3 amide bonds. The van der Waals surface area contributed by atoms with Gasteiger partial charge in [0.05, 0.1) is 0 Å². The van der Waals surface area contributed by atoms with Gasteiger partial charge < -0.3 is 16.0 Å². The number of rotatable bonds is 3. The molecule has 0 saturated heterocycles. The lowest BCUT2D eigenvalue weighted by Gasteiger charge is -2.01. The van der Waals surface area contributed by atoms with Crippen molar-refractivity contribution in [2.75, 3.05) is 20.1 Å². The molecule has 0 aliphatic rings. The smallest absolute Gasteiger partial charge is 0.251 e. The van der Waals surface area contributed by atoms with Crippen molar-refractivity contribution in [2.24, 2.45) is 0 Å². The Morgan fingerprint density at radius 2 is 1.19 bits per heavy atom. The number of hydrogen-bond donors (Lipinski definition) is 3. The van der Waals surface area contributed by atoms with Gasteiger partial charge in [-0.2, -0.15) is 0 Å². The van der Waals surface area contributed by atoms with Gasteiger partial charge in [0.25, 0.3) is 5.91 Å². The van der Waals surface area contributed by atoms with Crippen molar-refractivity contribution in [2.45, 2.75) is 54.9 Å². The molecule has 0 radical (unpaired) electrons. The minimum absolute atomic E-state index is 0.00231. The maximum Gasteiger partial charge on any atom is 0.251 e. The molecule has 1 aromatic rings. The topological polar surface area (TPSA) is 87.3 Å². The summed E-state index contributed by atoms with van der Waals surface area (Å²) in [6.07, 6.45) is 1.25. The summed E-state index contributed by atoms with van der Waals surface area (Å²) in [5.74, 6) is 0.0417. The molecular formula is C20H37N3O3. The first-order valence-electron chi connectivity index (χ1n) is 8.97. The van der Waals surface area contributed by atoms with Crippen LogP contribution in [0.15, 0.2) is 24.3 Å². The Morgan fingerprint density at radius 1 is 0.808 bits per heavy atom. The molecule has 150 valence electrons. The van der Waals surface area contributed by atoms with Crippen LogP contribution >= 0.6 is 0 Å². The predicted octanol–water partition coefficient (Wildman–Crippen LogP) is 3.06. The van der Waals surface area contributed by atoms with Crippen LogP contribution in [-0.4, -0.2) is 37.9 Å². The second kappa shape index (κ2) is 20.7. The van der Waals surface area contributed by atoms with Crippen LogP contribution in [0.1, 0.15) is 63.9 Å². The van der Waals surface area contributed by atoms with Crippen LogP contribution in [-0.2, 0) is 9.59 Å². The number of hydrogen-bond acceptors (Lipinski definition) is 3. The molecular weight excluding hydrogens is 330 g/mol. The molecule has 3 N–H and O–H groups in total. The van der Waals surface area contributed by atoms with E-state index in [-0.39, 0.29) is 17.7 Å². The third-order valence-corrected chi connectivity index (χ3v) is 2.43. The van der Waals surface area contributed by atoms with Crippen molar-refractivity contribution < 1.29 is 14.4 Å². The summed E-state index contributed by atoms with van der Waals surface area (Å²) in [4.78, 5) is 30.9. The number of amides is 3. The van der Waals surface area contributed by atoms with E-state index in [4.69, 9.17) is 0 Å². The van der Waals surface area contributed by atoms with E-state index in [1.54, 1.807) is 7.05 Å². The third kappa shape index (κ3) is 23.9. The van der Waals surface area contributed by atoms with Crippen LogP contribution in [0.25, 0.3) is 0 Å². The number of carbonyl (C=O) groups excluding carboxylic acids is 3. The molecule has 26 heavy (non-hydrogen) atoms. The quantitative estimate of drug-likeness (QED) is 0.767. The van der Waals surface area contributed by atoms with Gasteiger partial charge in [0.15, 0.2) is 0 Å². The van der Waals surface area contributed by atoms with E-state index < -0.39 is 0 Å². The summed E-state index contributed by atoms with van der Waals surface area (Å²) in [7, 11) is 1.60. The van der Waals surface area contributed by atoms with Crippen molar-refractivity contribution in [3.63, 3.8) is 0 Å². The molecule has 0 bridgehead atoms. The van der Waals surface area contributed by atoms with E-state index >= 15 is 0 Å². The van der Waals surface area contributed by atoms with Crippen molar-refractivity contribution in [1.82, 2.24) is 16.0 Å². The second-order valence-corrected chi connectivity index (χ2v) is 5.33. The van der Waals surface area contributed by atoms with Gasteiger partial charge in [0, 0.05) is 39.5 Å². The SMILES string of the molecule is CCC.CCNC(=O)c1ccc(C)cc1.CCNC(C)=O.CNC(C)=O. The highest BCUT2D eigenvalue weighted by atomic mass is 16.2. The monoisotopic (exact) mass is 367 g/mol. The Morgan fingerprint density at radius 3 is 1.42 bits per heavy atom. The Labute approximate surface area is 159 Å². The van der Waals surface area contributed by atoms with Crippen LogP contribution in [0.4, 0.5) is 0 Å². The Balaban J connectivity index is -0.000000318. The summed E-state index contributed by atoms with van der Waals surface area (Å²) in [5.41, 5.74) is 1.89. The Hall–Kier alpha value is -2.37. The summed E-state index contributed by atoms with van der Waals surface area (Å²) >= 11 is 0. The first-order valence-corrected chi connectivity index (χ1v) is 8.97. The van der Waals surface area contributed by atoms with Gasteiger partial charge in [-0.05, 0) is 32.9 Å². The Bertz CT molecular complexity index is 486. The minimum Gasteiger partial charge on any atom is -0.359 e. The summed E-state index contributed by atoms with van der Waals surface area (Å²) in [6, 6.07) is 7.54. The molecule has 6 nitrogen and oxygen atoms in total. The van der Waals surface area contributed by atoms with Gasteiger partial charge >= 0.3 is 0 Å². The van der Waals surface area contributed by atoms with E-state index in [0.717, 1.165) is 12.1 Å². The lowest BCUT2D eigenvalue weighted by atomic mass is 10.1. The zero-order valence-corrected chi connectivity index (χ0v) is 17.7. The van der Waals surface area contributed by atoms with Crippen LogP contribution < -0.4 is 16.0 Å². The maximum absolute atomic E-state index is 11.2. The fraction of sp³-hybridized carbons (Fsp3) is 0.550. The van der Waals surface area contributed by atoms with Crippen LogP contribution in [0, 0.1) is 6.92 Å². The highest BCUT2D eigenvalue weighted by molar-refractivity contribution is 5.94. The molecule has 6 heteroatoms. The van der Waals surface area contributed by atoms with Crippen LogP contribution in [0.5, 0.6) is 0 Å². The third-order valence-electron chi connectivity index (χ3n) is 2.43.